The van der Waals surface area contributed by atoms with Gasteiger partial charge in [-0.1, -0.05) is 13.8 Å². The minimum atomic E-state index is -0.860. The normalized spacial score (nSPS) is 27.2. The zero-order valence-corrected chi connectivity index (χ0v) is 12.2. The molecule has 1 heterocycles. The molecule has 0 aromatic rings. The molecule has 0 aromatic carbocycles. The summed E-state index contributed by atoms with van der Waals surface area (Å²) in [5.41, 5.74) is 0. The topological polar surface area (TPSA) is 78.9 Å². The maximum Gasteiger partial charge on any atom is 0.317 e. The van der Waals surface area contributed by atoms with Crippen LogP contribution in [0.15, 0.2) is 0 Å². The first-order valence-electron chi connectivity index (χ1n) is 7.39. The van der Waals surface area contributed by atoms with Gasteiger partial charge in [-0.25, -0.2) is 4.79 Å². The molecule has 3 unspecified atom stereocenters. The molecule has 1 saturated heterocycles. The molecule has 2 rings (SSSR count). The monoisotopic (exact) mass is 284 g/mol. The van der Waals surface area contributed by atoms with Crippen LogP contribution < -0.4 is 5.32 Å². The second-order valence-electron chi connectivity index (χ2n) is 5.98. The highest BCUT2D eigenvalue weighted by atomic mass is 16.5. The number of ether oxygens (including phenoxy) is 1. The first kappa shape index (κ1) is 15.1. The lowest BCUT2D eigenvalue weighted by Gasteiger charge is -2.37. The van der Waals surface area contributed by atoms with Crippen molar-refractivity contribution in [2.45, 2.75) is 45.3 Å². The van der Waals surface area contributed by atoms with Gasteiger partial charge in [0.2, 0.25) is 0 Å². The number of carboxylic acids is 1. The summed E-state index contributed by atoms with van der Waals surface area (Å²) in [6.07, 6.45) is 3.24. The van der Waals surface area contributed by atoms with Crippen molar-refractivity contribution < 1.29 is 19.4 Å². The molecule has 2 amide bonds. The Balaban J connectivity index is 1.89. The quantitative estimate of drug-likeness (QED) is 0.815. The molecule has 0 radical (unpaired) electrons. The van der Waals surface area contributed by atoms with E-state index in [1.807, 2.05) is 18.7 Å². The molecule has 1 saturated carbocycles. The van der Waals surface area contributed by atoms with E-state index >= 15 is 0 Å². The fourth-order valence-corrected chi connectivity index (χ4v) is 3.08. The van der Waals surface area contributed by atoms with Gasteiger partial charge < -0.3 is 20.1 Å². The Bertz CT molecular complexity index is 372. The van der Waals surface area contributed by atoms with Crippen molar-refractivity contribution in [3.63, 3.8) is 0 Å². The van der Waals surface area contributed by atoms with E-state index < -0.39 is 11.9 Å². The van der Waals surface area contributed by atoms with Gasteiger partial charge in [0, 0.05) is 13.1 Å². The Labute approximate surface area is 119 Å². The van der Waals surface area contributed by atoms with E-state index in [0.717, 1.165) is 19.3 Å². The van der Waals surface area contributed by atoms with Gasteiger partial charge in [0.1, 0.15) is 0 Å². The number of aliphatic carboxylic acids is 1. The van der Waals surface area contributed by atoms with E-state index in [0.29, 0.717) is 13.2 Å². The number of nitrogens with zero attached hydrogens (tertiary/aromatic N) is 1. The lowest BCUT2D eigenvalue weighted by Crippen LogP contribution is -2.55. The van der Waals surface area contributed by atoms with Crippen LogP contribution in [-0.2, 0) is 9.53 Å². The van der Waals surface area contributed by atoms with Gasteiger partial charge >= 0.3 is 12.0 Å². The Morgan fingerprint density at radius 2 is 2.15 bits per heavy atom. The third kappa shape index (κ3) is 3.23. The predicted molar refractivity (Wildman–Crippen MR) is 73.4 cm³/mol. The number of amides is 2. The average molecular weight is 284 g/mol. The number of nitrogens with one attached hydrogen (secondary N) is 1. The Kier molecular flexibility index (Phi) is 4.86. The van der Waals surface area contributed by atoms with Crippen molar-refractivity contribution in [3.05, 3.63) is 0 Å². The number of urea groups is 1. The molecule has 0 bridgehead atoms. The number of fused-ring (bicyclic) bond motifs is 1. The number of hydrogen-bond acceptors (Lipinski definition) is 3. The fourth-order valence-electron chi connectivity index (χ4n) is 3.08. The molecule has 114 valence electrons. The minimum Gasteiger partial charge on any atom is -0.481 e. The summed E-state index contributed by atoms with van der Waals surface area (Å²) in [7, 11) is 0. The Morgan fingerprint density at radius 3 is 2.80 bits per heavy atom. The van der Waals surface area contributed by atoms with Crippen molar-refractivity contribution in [2.24, 2.45) is 11.8 Å². The average Bonchev–Trinajstić information content (AvgIpc) is 2.85. The third-order valence-corrected chi connectivity index (χ3v) is 4.34. The number of hydrogen-bond donors (Lipinski definition) is 2. The summed E-state index contributed by atoms with van der Waals surface area (Å²) in [6.45, 7) is 5.05. The van der Waals surface area contributed by atoms with Crippen molar-refractivity contribution in [1.29, 1.82) is 0 Å². The molecule has 20 heavy (non-hydrogen) atoms. The van der Waals surface area contributed by atoms with Crippen LogP contribution >= 0.6 is 0 Å². The molecule has 6 heteroatoms. The van der Waals surface area contributed by atoms with Crippen LogP contribution in [0.3, 0.4) is 0 Å². The van der Waals surface area contributed by atoms with Crippen LogP contribution in [0.1, 0.15) is 33.1 Å². The van der Waals surface area contributed by atoms with Crippen LogP contribution in [0.2, 0.25) is 0 Å². The first-order chi connectivity index (χ1) is 9.50. The molecule has 0 spiro atoms. The molecule has 2 N–H and O–H groups in total. The maximum absolute atomic E-state index is 12.3. The van der Waals surface area contributed by atoms with E-state index in [9.17, 15) is 9.59 Å². The Morgan fingerprint density at radius 1 is 1.40 bits per heavy atom. The molecule has 6 nitrogen and oxygen atoms in total. The summed E-state index contributed by atoms with van der Waals surface area (Å²) < 4.78 is 5.67. The highest BCUT2D eigenvalue weighted by molar-refractivity contribution is 5.76. The summed E-state index contributed by atoms with van der Waals surface area (Å²) in [6, 6.07) is 0.00294. The zero-order chi connectivity index (χ0) is 14.7. The van der Waals surface area contributed by atoms with Crippen LogP contribution in [0, 0.1) is 11.8 Å². The number of carboxylic acid groups (broad SMARTS) is 1. The largest absolute Gasteiger partial charge is 0.481 e. The van der Waals surface area contributed by atoms with Crippen molar-refractivity contribution in [2.75, 3.05) is 19.7 Å². The molecule has 2 aliphatic rings. The van der Waals surface area contributed by atoms with Crippen LogP contribution in [0.4, 0.5) is 4.79 Å². The molecule has 0 aromatic heterocycles. The minimum absolute atomic E-state index is 0.00304. The van der Waals surface area contributed by atoms with Crippen molar-refractivity contribution >= 4 is 12.0 Å². The van der Waals surface area contributed by atoms with Gasteiger partial charge in [0.25, 0.3) is 0 Å². The first-order valence-corrected chi connectivity index (χ1v) is 7.39. The summed E-state index contributed by atoms with van der Waals surface area (Å²) in [5, 5.41) is 11.9. The number of carbonyl (C=O) groups is 2. The summed E-state index contributed by atoms with van der Waals surface area (Å²) >= 11 is 0. The lowest BCUT2D eigenvalue weighted by atomic mass is 9.96. The van der Waals surface area contributed by atoms with E-state index in [-0.39, 0.29) is 30.6 Å². The second kappa shape index (κ2) is 6.43. The van der Waals surface area contributed by atoms with Gasteiger partial charge in [-0.15, -0.1) is 0 Å². The van der Waals surface area contributed by atoms with Crippen LogP contribution in [0.25, 0.3) is 0 Å². The zero-order valence-electron chi connectivity index (χ0n) is 12.2. The van der Waals surface area contributed by atoms with E-state index in [2.05, 4.69) is 5.32 Å². The number of carbonyl (C=O) groups excluding carboxylic acids is 1. The molecule has 3 atom stereocenters. The highest BCUT2D eigenvalue weighted by Gasteiger charge is 2.38. The second-order valence-corrected chi connectivity index (χ2v) is 5.98. The number of morpholine rings is 1. The van der Waals surface area contributed by atoms with Gasteiger partial charge in [-0.05, 0) is 25.2 Å². The van der Waals surface area contributed by atoms with Crippen LogP contribution in [0.5, 0.6) is 0 Å². The predicted octanol–water partition coefficient (Wildman–Crippen LogP) is 1.31. The van der Waals surface area contributed by atoms with Gasteiger partial charge in [-0.3, -0.25) is 4.79 Å². The van der Waals surface area contributed by atoms with E-state index in [1.54, 1.807) is 0 Å². The SMILES string of the molecule is CC(C)C(CNC(=O)N1CCOC2CCCC21)C(=O)O. The van der Waals surface area contributed by atoms with Gasteiger partial charge in [0.15, 0.2) is 0 Å². The standard InChI is InChI=1S/C14H24N2O4/c1-9(2)10(13(17)18)8-15-14(19)16-6-7-20-12-5-3-4-11(12)16/h9-12H,3-8H2,1-2H3,(H,15,19)(H,17,18). The fraction of sp³-hybridized carbons (Fsp3) is 0.857. The smallest absolute Gasteiger partial charge is 0.317 e. The molecule has 1 aliphatic carbocycles. The third-order valence-electron chi connectivity index (χ3n) is 4.34. The van der Waals surface area contributed by atoms with Gasteiger partial charge in [0.05, 0.1) is 24.7 Å². The summed E-state index contributed by atoms with van der Waals surface area (Å²) in [4.78, 5) is 25.2. The molecule has 1 aliphatic heterocycles. The number of rotatable bonds is 4. The van der Waals surface area contributed by atoms with Crippen molar-refractivity contribution in [3.8, 4) is 0 Å². The maximum atomic E-state index is 12.3. The molecular weight excluding hydrogens is 260 g/mol. The molecular formula is C14H24N2O4. The van der Waals surface area contributed by atoms with Crippen LogP contribution in [-0.4, -0.2) is 53.8 Å². The highest BCUT2D eigenvalue weighted by Crippen LogP contribution is 2.29. The molecule has 2 fully saturated rings. The van der Waals surface area contributed by atoms with E-state index in [4.69, 9.17) is 9.84 Å². The summed E-state index contributed by atoms with van der Waals surface area (Å²) in [5.74, 6) is -1.41. The van der Waals surface area contributed by atoms with Gasteiger partial charge in [-0.2, -0.15) is 0 Å². The lowest BCUT2D eigenvalue weighted by molar-refractivity contribution is -0.143. The van der Waals surface area contributed by atoms with E-state index in [1.165, 1.54) is 0 Å². The van der Waals surface area contributed by atoms with Crippen molar-refractivity contribution in [1.82, 2.24) is 10.2 Å². The Hall–Kier alpha value is -1.30.